The summed E-state index contributed by atoms with van der Waals surface area (Å²) in [4.78, 5) is 0. The van der Waals surface area contributed by atoms with Gasteiger partial charge in [-0.15, -0.1) is 0 Å². The number of nitrogens with zero attached hydrogens (tertiary/aromatic N) is 1. The first-order chi connectivity index (χ1) is 8.99. The fraction of sp³-hybridized carbons (Fsp3) is 0.812. The molecule has 1 aliphatic rings. The molecule has 1 atom stereocenters. The summed E-state index contributed by atoms with van der Waals surface area (Å²) in [5, 5.41) is 8.82. The van der Waals surface area contributed by atoms with Crippen LogP contribution in [-0.4, -0.2) is 18.3 Å². The molecule has 0 aromatic rings. The first-order valence-corrected chi connectivity index (χ1v) is 7.40. The third kappa shape index (κ3) is 4.36. The zero-order chi connectivity index (χ0) is 15.6. The van der Waals surface area contributed by atoms with Gasteiger partial charge in [-0.3, -0.25) is 0 Å². The largest absolute Gasteiger partial charge is 0.486 e. The highest BCUT2D eigenvalue weighted by Crippen LogP contribution is 2.37. The monoisotopic (exact) mass is 277 g/mol. The van der Waals surface area contributed by atoms with Gasteiger partial charge in [-0.1, -0.05) is 32.8 Å². The molecule has 1 rings (SSSR count). The average molecular weight is 277 g/mol. The molecule has 0 aromatic heterocycles. The second kappa shape index (κ2) is 5.91. The molecule has 0 saturated carbocycles. The summed E-state index contributed by atoms with van der Waals surface area (Å²) in [5.74, 6) is 2.40. The van der Waals surface area contributed by atoms with E-state index in [4.69, 9.17) is 14.6 Å². The molecule has 1 saturated heterocycles. The van der Waals surface area contributed by atoms with E-state index in [9.17, 15) is 0 Å². The molecule has 0 aromatic carbocycles. The molecule has 0 amide bonds. The molecule has 4 heteroatoms. The summed E-state index contributed by atoms with van der Waals surface area (Å²) in [5.41, 5.74) is -0.523. The van der Waals surface area contributed by atoms with Gasteiger partial charge in [0.1, 0.15) is 0 Å². The fourth-order valence-corrected chi connectivity index (χ4v) is 2.47. The van der Waals surface area contributed by atoms with Crippen molar-refractivity contribution < 1.29 is 9.31 Å². The fourth-order valence-electron chi connectivity index (χ4n) is 2.47. The Morgan fingerprint density at radius 1 is 1.20 bits per heavy atom. The van der Waals surface area contributed by atoms with E-state index in [1.807, 2.05) is 5.98 Å². The summed E-state index contributed by atoms with van der Waals surface area (Å²) in [6, 6.07) is 2.26. The Bertz CT molecular complexity index is 391. The van der Waals surface area contributed by atoms with Gasteiger partial charge in [0.25, 0.3) is 0 Å². The highest BCUT2D eigenvalue weighted by molar-refractivity contribution is 6.51. The molecule has 0 spiro atoms. The molecule has 0 N–H and O–H groups in total. The maximum atomic E-state index is 8.82. The van der Waals surface area contributed by atoms with Gasteiger partial charge in [0.15, 0.2) is 0 Å². The van der Waals surface area contributed by atoms with Crippen molar-refractivity contribution in [1.29, 1.82) is 5.26 Å². The van der Waals surface area contributed by atoms with Gasteiger partial charge in [0, 0.05) is 6.42 Å². The third-order valence-corrected chi connectivity index (χ3v) is 4.30. The van der Waals surface area contributed by atoms with Crippen molar-refractivity contribution in [2.75, 3.05) is 0 Å². The van der Waals surface area contributed by atoms with Crippen molar-refractivity contribution in [3.63, 3.8) is 0 Å². The number of hydrogen-bond donors (Lipinski definition) is 0. The van der Waals surface area contributed by atoms with Crippen LogP contribution in [-0.2, 0) is 9.31 Å². The molecular weight excluding hydrogens is 249 g/mol. The number of nitriles is 1. The van der Waals surface area contributed by atoms with Crippen molar-refractivity contribution in [1.82, 2.24) is 0 Å². The molecule has 1 fully saturated rings. The van der Waals surface area contributed by atoms with Crippen LogP contribution in [0.25, 0.3) is 0 Å². The van der Waals surface area contributed by atoms with Crippen LogP contribution < -0.4 is 0 Å². The highest BCUT2D eigenvalue weighted by atomic mass is 16.7. The Labute approximate surface area is 124 Å². The molecule has 20 heavy (non-hydrogen) atoms. The zero-order valence-electron chi connectivity index (χ0n) is 14.0. The number of rotatable bonds is 5. The van der Waals surface area contributed by atoms with Gasteiger partial charge in [-0.25, -0.2) is 0 Å². The second-order valence-electron chi connectivity index (χ2n) is 7.69. The molecule has 1 heterocycles. The van der Waals surface area contributed by atoms with Crippen LogP contribution in [0.3, 0.4) is 0 Å². The van der Waals surface area contributed by atoms with Crippen LogP contribution in [0, 0.1) is 22.7 Å². The summed E-state index contributed by atoms with van der Waals surface area (Å²) in [7, 11) is -0.276. The minimum Gasteiger partial charge on any atom is -0.400 e. The standard InChI is InChI=1S/C16H28BNO2/c1-13(12-14(2,3)9-11-18)8-10-17-19-15(4,5)16(6,7)20-17/h8,10,13H,9,12H2,1-7H3/b10-8+. The maximum Gasteiger partial charge on any atom is 0.486 e. The van der Waals surface area contributed by atoms with Crippen LogP contribution >= 0.6 is 0 Å². The quantitative estimate of drug-likeness (QED) is 0.709. The Balaban J connectivity index is 2.56. The van der Waals surface area contributed by atoms with E-state index >= 15 is 0 Å². The van der Waals surface area contributed by atoms with Crippen molar-refractivity contribution >= 4 is 7.12 Å². The lowest BCUT2D eigenvalue weighted by Gasteiger charge is -2.32. The van der Waals surface area contributed by atoms with Gasteiger partial charge < -0.3 is 9.31 Å². The summed E-state index contributed by atoms with van der Waals surface area (Å²) < 4.78 is 11.9. The smallest absolute Gasteiger partial charge is 0.400 e. The van der Waals surface area contributed by atoms with E-state index < -0.39 is 0 Å². The minimum atomic E-state index is -0.286. The topological polar surface area (TPSA) is 42.2 Å². The SMILES string of the molecule is CC(/C=C/B1OC(C)(C)C(C)(C)O1)CC(C)(C)CC#N. The molecule has 0 radical (unpaired) electrons. The normalized spacial score (nSPS) is 23.0. The van der Waals surface area contributed by atoms with E-state index in [0.29, 0.717) is 12.3 Å². The predicted octanol–water partition coefficient (Wildman–Crippen LogP) is 4.14. The summed E-state index contributed by atoms with van der Waals surface area (Å²) >= 11 is 0. The number of allylic oxidation sites excluding steroid dienone is 1. The van der Waals surface area contributed by atoms with Gasteiger partial charge in [-0.05, 0) is 45.4 Å². The van der Waals surface area contributed by atoms with Crippen LogP contribution in [0.4, 0.5) is 0 Å². The lowest BCUT2D eigenvalue weighted by molar-refractivity contribution is 0.00578. The van der Waals surface area contributed by atoms with Crippen molar-refractivity contribution in [3.8, 4) is 6.07 Å². The molecule has 0 aliphatic carbocycles. The summed E-state index contributed by atoms with van der Waals surface area (Å²) in [6.45, 7) is 14.7. The second-order valence-corrected chi connectivity index (χ2v) is 7.69. The molecule has 3 nitrogen and oxygen atoms in total. The van der Waals surface area contributed by atoms with E-state index in [0.717, 1.165) is 6.42 Å². The van der Waals surface area contributed by atoms with Crippen LogP contribution in [0.2, 0.25) is 0 Å². The Hall–Kier alpha value is -0.785. The maximum absolute atomic E-state index is 8.82. The van der Waals surface area contributed by atoms with Gasteiger partial charge in [-0.2, -0.15) is 5.26 Å². The lowest BCUT2D eigenvalue weighted by Crippen LogP contribution is -2.41. The van der Waals surface area contributed by atoms with Crippen molar-refractivity contribution in [2.24, 2.45) is 11.3 Å². The molecular formula is C16H28BNO2. The zero-order valence-corrected chi connectivity index (χ0v) is 14.0. The van der Waals surface area contributed by atoms with Crippen LogP contribution in [0.5, 0.6) is 0 Å². The van der Waals surface area contributed by atoms with E-state index in [2.05, 4.69) is 60.6 Å². The number of hydrogen-bond acceptors (Lipinski definition) is 3. The molecule has 1 unspecified atom stereocenters. The van der Waals surface area contributed by atoms with Gasteiger partial charge >= 0.3 is 7.12 Å². The highest BCUT2D eigenvalue weighted by Gasteiger charge is 2.50. The van der Waals surface area contributed by atoms with Crippen LogP contribution in [0.15, 0.2) is 12.1 Å². The van der Waals surface area contributed by atoms with E-state index in [-0.39, 0.29) is 23.7 Å². The predicted molar refractivity (Wildman–Crippen MR) is 83.0 cm³/mol. The first kappa shape index (κ1) is 17.3. The Kier molecular flexibility index (Phi) is 5.10. The Morgan fingerprint density at radius 2 is 1.70 bits per heavy atom. The van der Waals surface area contributed by atoms with E-state index in [1.54, 1.807) is 0 Å². The molecule has 112 valence electrons. The molecule has 1 aliphatic heterocycles. The van der Waals surface area contributed by atoms with Gasteiger partial charge in [0.05, 0.1) is 17.3 Å². The minimum absolute atomic E-state index is 0.0500. The Morgan fingerprint density at radius 3 is 2.15 bits per heavy atom. The lowest BCUT2D eigenvalue weighted by atomic mass is 9.79. The first-order valence-electron chi connectivity index (χ1n) is 7.40. The van der Waals surface area contributed by atoms with E-state index in [1.165, 1.54) is 0 Å². The van der Waals surface area contributed by atoms with Gasteiger partial charge in [0.2, 0.25) is 0 Å². The van der Waals surface area contributed by atoms with Crippen LogP contribution in [0.1, 0.15) is 61.3 Å². The average Bonchev–Trinajstić information content (AvgIpc) is 2.44. The third-order valence-electron chi connectivity index (χ3n) is 4.30. The van der Waals surface area contributed by atoms with Crippen molar-refractivity contribution in [2.45, 2.75) is 72.5 Å². The summed E-state index contributed by atoms with van der Waals surface area (Å²) in [6.07, 6.45) is 3.71. The van der Waals surface area contributed by atoms with Crippen molar-refractivity contribution in [3.05, 3.63) is 12.1 Å². The molecule has 0 bridgehead atoms.